The molecule has 3 aromatic rings. The van der Waals surface area contributed by atoms with Crippen LogP contribution in [0.25, 0.3) is 22.6 Å². The molecule has 7 heteroatoms. The largest absolute Gasteiger partial charge is 0.497 e. The van der Waals surface area contributed by atoms with Crippen LogP contribution in [0.1, 0.15) is 0 Å². The number of carbonyl (C=O) groups is 1. The van der Waals surface area contributed by atoms with E-state index in [4.69, 9.17) is 19.0 Å². The normalized spacial score (nSPS) is 10.5. The smallest absolute Gasteiger partial charge is 0.314 e. The van der Waals surface area contributed by atoms with Gasteiger partial charge < -0.3 is 19.0 Å². The van der Waals surface area contributed by atoms with Crippen LogP contribution in [-0.4, -0.2) is 36.0 Å². The van der Waals surface area contributed by atoms with Gasteiger partial charge in [-0.05, 0) is 24.3 Å². The third kappa shape index (κ3) is 4.00. The Morgan fingerprint density at radius 1 is 1.08 bits per heavy atom. The summed E-state index contributed by atoms with van der Waals surface area (Å²) in [5.74, 6) is 0.872. The van der Waals surface area contributed by atoms with Crippen LogP contribution in [0, 0.1) is 0 Å². The number of aromatic nitrogens is 1. The summed E-state index contributed by atoms with van der Waals surface area (Å²) in [5, 5.41) is 9.19. The number of hydrogen-bond donors (Lipinski definition) is 1. The van der Waals surface area contributed by atoms with Crippen molar-refractivity contribution < 1.29 is 23.8 Å². The van der Waals surface area contributed by atoms with Crippen molar-refractivity contribution in [1.29, 1.82) is 0 Å². The van der Waals surface area contributed by atoms with Crippen LogP contribution in [0.4, 0.5) is 0 Å². The summed E-state index contributed by atoms with van der Waals surface area (Å²) in [7, 11) is 3.19. The lowest BCUT2D eigenvalue weighted by Crippen LogP contribution is -1.97. The Bertz CT molecular complexity index is 857. The molecule has 26 heavy (non-hydrogen) atoms. The molecule has 0 amide bonds. The molecule has 0 spiro atoms. The minimum atomic E-state index is -0.931. The molecular formula is C19H17NO5S. The number of carboxylic acids is 1. The first kappa shape index (κ1) is 17.9. The predicted molar refractivity (Wildman–Crippen MR) is 98.8 cm³/mol. The zero-order valence-corrected chi connectivity index (χ0v) is 15.1. The fourth-order valence-electron chi connectivity index (χ4n) is 2.41. The fourth-order valence-corrected chi connectivity index (χ4v) is 2.96. The number of carboxylic acid groups (broad SMARTS) is 1. The lowest BCUT2D eigenvalue weighted by atomic mass is 10.1. The number of ether oxygens (including phenoxy) is 2. The van der Waals surface area contributed by atoms with Crippen LogP contribution in [0.15, 0.2) is 58.2 Å². The maximum Gasteiger partial charge on any atom is 0.314 e. The minimum Gasteiger partial charge on any atom is -0.497 e. The Morgan fingerprint density at radius 2 is 1.69 bits per heavy atom. The number of hydrogen-bond acceptors (Lipinski definition) is 6. The number of aliphatic carboxylic acids is 1. The molecule has 0 aliphatic heterocycles. The number of oxazole rings is 1. The number of thioether (sulfide) groups is 1. The van der Waals surface area contributed by atoms with Gasteiger partial charge >= 0.3 is 5.97 Å². The van der Waals surface area contributed by atoms with Crippen molar-refractivity contribution in [2.45, 2.75) is 5.22 Å². The molecular weight excluding hydrogens is 354 g/mol. The summed E-state index contributed by atoms with van der Waals surface area (Å²) < 4.78 is 16.4. The molecule has 0 aliphatic rings. The maximum absolute atomic E-state index is 10.8. The highest BCUT2D eigenvalue weighted by atomic mass is 32.2. The van der Waals surface area contributed by atoms with E-state index in [-0.39, 0.29) is 5.75 Å². The van der Waals surface area contributed by atoms with Crippen molar-refractivity contribution in [1.82, 2.24) is 4.98 Å². The Hall–Kier alpha value is -2.93. The van der Waals surface area contributed by atoms with Crippen LogP contribution in [0.2, 0.25) is 0 Å². The van der Waals surface area contributed by atoms with Gasteiger partial charge in [0.25, 0.3) is 5.22 Å². The van der Waals surface area contributed by atoms with E-state index in [9.17, 15) is 4.79 Å². The van der Waals surface area contributed by atoms with Gasteiger partial charge in [-0.25, -0.2) is 4.98 Å². The second kappa shape index (κ2) is 7.97. The average molecular weight is 371 g/mol. The van der Waals surface area contributed by atoms with Crippen molar-refractivity contribution >= 4 is 17.7 Å². The maximum atomic E-state index is 10.8. The highest BCUT2D eigenvalue weighted by molar-refractivity contribution is 7.99. The molecule has 0 radical (unpaired) electrons. The number of nitrogens with zero attached hydrogens (tertiary/aromatic N) is 1. The quantitative estimate of drug-likeness (QED) is 0.623. The molecule has 6 nitrogen and oxygen atoms in total. The van der Waals surface area contributed by atoms with Crippen LogP contribution in [-0.2, 0) is 4.79 Å². The van der Waals surface area contributed by atoms with E-state index >= 15 is 0 Å². The first-order valence-electron chi connectivity index (χ1n) is 7.75. The number of benzene rings is 2. The van der Waals surface area contributed by atoms with Crippen molar-refractivity contribution in [2.24, 2.45) is 0 Å². The van der Waals surface area contributed by atoms with Crippen LogP contribution < -0.4 is 9.47 Å². The lowest BCUT2D eigenvalue weighted by molar-refractivity contribution is -0.133. The van der Waals surface area contributed by atoms with Gasteiger partial charge in [0.05, 0.1) is 14.2 Å². The second-order valence-electron chi connectivity index (χ2n) is 5.30. The number of rotatable bonds is 7. The first-order valence-corrected chi connectivity index (χ1v) is 8.73. The lowest BCUT2D eigenvalue weighted by Gasteiger charge is -2.05. The summed E-state index contributed by atoms with van der Waals surface area (Å²) in [4.78, 5) is 15.3. The van der Waals surface area contributed by atoms with E-state index in [0.29, 0.717) is 28.2 Å². The van der Waals surface area contributed by atoms with E-state index in [1.54, 1.807) is 14.2 Å². The van der Waals surface area contributed by atoms with Gasteiger partial charge in [-0.3, -0.25) is 4.79 Å². The van der Waals surface area contributed by atoms with Gasteiger partial charge in [-0.15, -0.1) is 0 Å². The van der Waals surface area contributed by atoms with E-state index in [1.807, 2.05) is 48.5 Å². The molecule has 0 bridgehead atoms. The molecule has 3 rings (SSSR count). The highest BCUT2D eigenvalue weighted by Gasteiger charge is 2.19. The Kier molecular flexibility index (Phi) is 5.48. The molecule has 0 unspecified atom stereocenters. The predicted octanol–water partition coefficient (Wildman–Crippen LogP) is 4.20. The summed E-state index contributed by atoms with van der Waals surface area (Å²) in [6, 6.07) is 14.9. The molecule has 2 aromatic carbocycles. The van der Waals surface area contributed by atoms with Crippen molar-refractivity contribution in [3.63, 3.8) is 0 Å². The zero-order chi connectivity index (χ0) is 18.5. The van der Waals surface area contributed by atoms with Crippen LogP contribution in [0.3, 0.4) is 0 Å². The van der Waals surface area contributed by atoms with Gasteiger partial charge in [-0.2, -0.15) is 0 Å². The van der Waals surface area contributed by atoms with Gasteiger partial charge in [-0.1, -0.05) is 36.0 Å². The van der Waals surface area contributed by atoms with E-state index in [0.717, 1.165) is 22.9 Å². The van der Waals surface area contributed by atoms with Crippen molar-refractivity contribution in [3.8, 4) is 34.1 Å². The van der Waals surface area contributed by atoms with Crippen molar-refractivity contribution in [3.05, 3.63) is 48.5 Å². The molecule has 134 valence electrons. The second-order valence-corrected chi connectivity index (χ2v) is 6.23. The average Bonchev–Trinajstić information content (AvgIpc) is 3.11. The first-order chi connectivity index (χ1) is 12.6. The van der Waals surface area contributed by atoms with E-state index in [2.05, 4.69) is 4.98 Å². The van der Waals surface area contributed by atoms with Gasteiger partial charge in [0.1, 0.15) is 22.9 Å². The molecule has 0 fully saturated rings. The molecule has 1 N–H and O–H groups in total. The van der Waals surface area contributed by atoms with Gasteiger partial charge in [0, 0.05) is 11.1 Å². The van der Waals surface area contributed by atoms with Gasteiger partial charge in [0.2, 0.25) is 0 Å². The van der Waals surface area contributed by atoms with Crippen molar-refractivity contribution in [2.75, 3.05) is 20.0 Å². The van der Waals surface area contributed by atoms with E-state index < -0.39 is 5.97 Å². The Morgan fingerprint density at radius 3 is 2.31 bits per heavy atom. The van der Waals surface area contributed by atoms with Crippen LogP contribution >= 0.6 is 11.8 Å². The Labute approximate surface area is 154 Å². The monoisotopic (exact) mass is 371 g/mol. The molecule has 0 aliphatic carbocycles. The third-order valence-corrected chi connectivity index (χ3v) is 4.41. The summed E-state index contributed by atoms with van der Waals surface area (Å²) in [5.41, 5.74) is 2.22. The molecule has 0 saturated heterocycles. The van der Waals surface area contributed by atoms with Gasteiger partial charge in [0.15, 0.2) is 5.76 Å². The third-order valence-electron chi connectivity index (χ3n) is 3.60. The highest BCUT2D eigenvalue weighted by Crippen LogP contribution is 2.37. The Balaban J connectivity index is 2.09. The summed E-state index contributed by atoms with van der Waals surface area (Å²) in [6.07, 6.45) is 0. The standard InChI is InChI=1S/C19H17NO5S/c1-23-14-7-3-5-12(9-14)17-18(13-6-4-8-15(10-13)24-2)25-19(20-17)26-11-16(21)22/h3-10H,11H2,1-2H3,(H,21,22). The summed E-state index contributed by atoms with van der Waals surface area (Å²) >= 11 is 1.03. The number of methoxy groups -OCH3 is 2. The molecule has 0 atom stereocenters. The minimum absolute atomic E-state index is 0.129. The molecule has 1 heterocycles. The SMILES string of the molecule is COc1cccc(-c2nc(SCC(=O)O)oc2-c2cccc(OC)c2)c1. The zero-order valence-electron chi connectivity index (χ0n) is 14.3. The summed E-state index contributed by atoms with van der Waals surface area (Å²) in [6.45, 7) is 0. The topological polar surface area (TPSA) is 81.8 Å². The van der Waals surface area contributed by atoms with Crippen LogP contribution in [0.5, 0.6) is 11.5 Å². The fraction of sp³-hybridized carbons (Fsp3) is 0.158. The molecule has 0 saturated carbocycles. The molecule has 1 aromatic heterocycles. The van der Waals surface area contributed by atoms with E-state index in [1.165, 1.54) is 0 Å².